The van der Waals surface area contributed by atoms with Crippen molar-refractivity contribution in [3.63, 3.8) is 0 Å². The number of alkyl halides is 1. The Kier molecular flexibility index (Phi) is 11.0. The summed E-state index contributed by atoms with van der Waals surface area (Å²) in [5, 5.41) is 0. The van der Waals surface area contributed by atoms with Crippen molar-refractivity contribution in [2.24, 2.45) is 5.73 Å². The molecule has 0 heterocycles. The zero-order chi connectivity index (χ0) is 14.7. The second-order valence-corrected chi connectivity index (χ2v) is 5.54. The van der Waals surface area contributed by atoms with Crippen molar-refractivity contribution in [1.82, 2.24) is 0 Å². The van der Waals surface area contributed by atoms with Crippen molar-refractivity contribution in [2.75, 3.05) is 12.6 Å². The van der Waals surface area contributed by atoms with E-state index in [4.69, 9.17) is 5.73 Å². The lowest BCUT2D eigenvalue weighted by atomic mass is 9.98. The van der Waals surface area contributed by atoms with E-state index in [1.807, 2.05) is 13.8 Å². The molecule has 1 aromatic carbocycles. The molecule has 1 rings (SSSR count). The molecule has 0 bridgehead atoms. The van der Waals surface area contributed by atoms with Gasteiger partial charge in [0.05, 0.1) is 0 Å². The minimum absolute atomic E-state index is 0.357. The number of rotatable bonds is 7. The molecule has 1 aromatic rings. The highest BCUT2D eigenvalue weighted by Crippen LogP contribution is 2.26. The van der Waals surface area contributed by atoms with Gasteiger partial charge in [0.15, 0.2) is 0 Å². The number of nitrogens with two attached hydrogens (primary N) is 1. The van der Waals surface area contributed by atoms with Crippen LogP contribution >= 0.6 is 11.8 Å². The van der Waals surface area contributed by atoms with E-state index >= 15 is 0 Å². The summed E-state index contributed by atoms with van der Waals surface area (Å²) in [7, 11) is 0. The van der Waals surface area contributed by atoms with Crippen LogP contribution in [-0.2, 0) is 6.42 Å². The Morgan fingerprint density at radius 1 is 1.16 bits per heavy atom. The van der Waals surface area contributed by atoms with Gasteiger partial charge in [-0.1, -0.05) is 45.5 Å². The SMILES string of the molecule is CC.CC(C)c1cc(CCCCN)cc(SCF)c1. The van der Waals surface area contributed by atoms with Crippen LogP contribution < -0.4 is 5.73 Å². The van der Waals surface area contributed by atoms with Crippen molar-refractivity contribution >= 4 is 11.8 Å². The predicted molar refractivity (Wildman–Crippen MR) is 85.7 cm³/mol. The van der Waals surface area contributed by atoms with Gasteiger partial charge < -0.3 is 5.73 Å². The number of thioether (sulfide) groups is 1. The molecule has 0 radical (unpaired) electrons. The van der Waals surface area contributed by atoms with Gasteiger partial charge in [-0.05, 0) is 55.0 Å². The zero-order valence-electron chi connectivity index (χ0n) is 12.7. The van der Waals surface area contributed by atoms with Crippen LogP contribution in [0.25, 0.3) is 0 Å². The van der Waals surface area contributed by atoms with Crippen LogP contribution in [0.1, 0.15) is 57.6 Å². The number of hydrogen-bond donors (Lipinski definition) is 1. The third kappa shape index (κ3) is 7.58. The molecule has 0 aromatic heterocycles. The van der Waals surface area contributed by atoms with Crippen LogP contribution in [0.5, 0.6) is 0 Å². The maximum Gasteiger partial charge on any atom is 0.139 e. The standard InChI is InChI=1S/C14H22FNS.C2H6/c1-11(2)13-7-12(5-3-4-6-16)8-14(9-13)17-10-15;1-2/h7-9,11H,3-6,10,16H2,1-2H3;1-2H3. The molecule has 0 aliphatic carbocycles. The molecule has 0 atom stereocenters. The van der Waals surface area contributed by atoms with E-state index in [2.05, 4.69) is 32.0 Å². The van der Waals surface area contributed by atoms with Crippen LogP contribution in [0, 0.1) is 0 Å². The quantitative estimate of drug-likeness (QED) is 0.554. The third-order valence-electron chi connectivity index (χ3n) is 2.80. The van der Waals surface area contributed by atoms with Gasteiger partial charge in [-0.2, -0.15) is 0 Å². The first-order chi connectivity index (χ1) is 9.17. The van der Waals surface area contributed by atoms with Gasteiger partial charge in [0.25, 0.3) is 0 Å². The van der Waals surface area contributed by atoms with Gasteiger partial charge in [0, 0.05) is 4.90 Å². The molecular weight excluding hydrogens is 257 g/mol. The largest absolute Gasteiger partial charge is 0.330 e. The van der Waals surface area contributed by atoms with Gasteiger partial charge in [0.1, 0.15) is 6.01 Å². The molecule has 0 unspecified atom stereocenters. The van der Waals surface area contributed by atoms with E-state index in [1.54, 1.807) is 0 Å². The van der Waals surface area contributed by atoms with Crippen molar-refractivity contribution in [3.8, 4) is 0 Å². The second kappa shape index (κ2) is 11.3. The molecule has 0 spiro atoms. The van der Waals surface area contributed by atoms with E-state index in [0.717, 1.165) is 30.7 Å². The highest BCUT2D eigenvalue weighted by atomic mass is 32.2. The molecule has 2 N–H and O–H groups in total. The molecule has 19 heavy (non-hydrogen) atoms. The summed E-state index contributed by atoms with van der Waals surface area (Å²) in [4.78, 5) is 1.04. The van der Waals surface area contributed by atoms with Crippen LogP contribution in [-0.4, -0.2) is 12.6 Å². The van der Waals surface area contributed by atoms with E-state index in [9.17, 15) is 4.39 Å². The van der Waals surface area contributed by atoms with Gasteiger partial charge in [-0.15, -0.1) is 0 Å². The Balaban J connectivity index is 0.00000154. The summed E-state index contributed by atoms with van der Waals surface area (Å²) in [6.07, 6.45) is 3.20. The Labute approximate surface area is 122 Å². The lowest BCUT2D eigenvalue weighted by molar-refractivity contribution is 0.605. The fraction of sp³-hybridized carbons (Fsp3) is 0.625. The maximum absolute atomic E-state index is 12.4. The highest BCUT2D eigenvalue weighted by molar-refractivity contribution is 7.99. The van der Waals surface area contributed by atoms with E-state index in [1.165, 1.54) is 22.9 Å². The van der Waals surface area contributed by atoms with Crippen molar-refractivity contribution < 1.29 is 4.39 Å². The van der Waals surface area contributed by atoms with Crippen molar-refractivity contribution in [1.29, 1.82) is 0 Å². The Hall–Kier alpha value is -0.540. The van der Waals surface area contributed by atoms with Crippen LogP contribution in [0.3, 0.4) is 0 Å². The van der Waals surface area contributed by atoms with Gasteiger partial charge >= 0.3 is 0 Å². The summed E-state index contributed by atoms with van der Waals surface area (Å²) >= 11 is 1.27. The lowest BCUT2D eigenvalue weighted by Crippen LogP contribution is -1.99. The van der Waals surface area contributed by atoms with Gasteiger partial charge in [-0.25, -0.2) is 4.39 Å². The predicted octanol–water partition coefficient (Wildman–Crippen LogP) is 5.14. The molecule has 0 aliphatic rings. The fourth-order valence-corrected chi connectivity index (χ4v) is 2.36. The zero-order valence-corrected chi connectivity index (χ0v) is 13.5. The Bertz CT molecular complexity index is 340. The first kappa shape index (κ1) is 18.5. The molecule has 0 aliphatic heterocycles. The summed E-state index contributed by atoms with van der Waals surface area (Å²) in [5.41, 5.74) is 8.10. The van der Waals surface area contributed by atoms with E-state index in [-0.39, 0.29) is 6.01 Å². The minimum atomic E-state index is -0.357. The molecule has 0 saturated carbocycles. The number of hydrogen-bond acceptors (Lipinski definition) is 2. The third-order valence-corrected chi connectivity index (χ3v) is 3.47. The summed E-state index contributed by atoms with van der Waals surface area (Å²) < 4.78 is 12.4. The Morgan fingerprint density at radius 3 is 2.37 bits per heavy atom. The Morgan fingerprint density at radius 2 is 1.84 bits per heavy atom. The monoisotopic (exact) mass is 285 g/mol. The lowest BCUT2D eigenvalue weighted by Gasteiger charge is -2.11. The highest BCUT2D eigenvalue weighted by Gasteiger charge is 2.05. The molecule has 0 fully saturated rings. The summed E-state index contributed by atoms with van der Waals surface area (Å²) in [6, 6.07) is 6.08. The smallest absolute Gasteiger partial charge is 0.139 e. The minimum Gasteiger partial charge on any atom is -0.330 e. The van der Waals surface area contributed by atoms with Crippen LogP contribution in [0.15, 0.2) is 23.1 Å². The number of aryl methyl sites for hydroxylation is 1. The summed E-state index contributed by atoms with van der Waals surface area (Å²) in [5.74, 6) is 0.489. The van der Waals surface area contributed by atoms with Crippen molar-refractivity contribution in [2.45, 2.75) is 57.8 Å². The molecule has 110 valence electrons. The number of halogens is 1. The molecule has 0 amide bonds. The van der Waals surface area contributed by atoms with Gasteiger partial charge in [-0.3, -0.25) is 0 Å². The maximum atomic E-state index is 12.4. The van der Waals surface area contributed by atoms with E-state index in [0.29, 0.717) is 5.92 Å². The molecule has 1 nitrogen and oxygen atoms in total. The first-order valence-corrected chi connectivity index (χ1v) is 8.18. The van der Waals surface area contributed by atoms with Crippen LogP contribution in [0.4, 0.5) is 4.39 Å². The normalized spacial score (nSPS) is 10.3. The van der Waals surface area contributed by atoms with Crippen LogP contribution in [0.2, 0.25) is 0 Å². The molecular formula is C16H28FNS. The second-order valence-electron chi connectivity index (χ2n) is 4.56. The molecule has 0 saturated heterocycles. The van der Waals surface area contributed by atoms with Crippen molar-refractivity contribution in [3.05, 3.63) is 29.3 Å². The molecule has 3 heteroatoms. The topological polar surface area (TPSA) is 26.0 Å². The summed E-state index contributed by atoms with van der Waals surface area (Å²) in [6.45, 7) is 9.09. The van der Waals surface area contributed by atoms with Gasteiger partial charge in [0.2, 0.25) is 0 Å². The average Bonchev–Trinajstić information content (AvgIpc) is 2.41. The number of unbranched alkanes of at least 4 members (excludes halogenated alkanes) is 1. The fourth-order valence-electron chi connectivity index (χ4n) is 1.78. The first-order valence-electron chi connectivity index (χ1n) is 7.20. The average molecular weight is 285 g/mol. The van der Waals surface area contributed by atoms with E-state index < -0.39 is 0 Å². The number of benzene rings is 1.